The number of hydrogen-bond donors (Lipinski definition) is 2. The molecule has 16 heavy (non-hydrogen) atoms. The molecular weight excluding hydrogens is 244 g/mol. The number of nitrogens with two attached hydrogens (primary N) is 1. The Morgan fingerprint density at radius 3 is 2.94 bits per heavy atom. The Kier molecular flexibility index (Phi) is 3.53. The van der Waals surface area contributed by atoms with Crippen LogP contribution < -0.4 is 10.5 Å². The zero-order valence-corrected chi connectivity index (χ0v) is 10.4. The molecule has 0 saturated carbocycles. The summed E-state index contributed by atoms with van der Waals surface area (Å²) in [7, 11) is -3.36. The zero-order valence-electron chi connectivity index (χ0n) is 8.72. The van der Waals surface area contributed by atoms with Crippen molar-refractivity contribution < 1.29 is 8.42 Å². The molecular formula is C10H14N2O2S2. The van der Waals surface area contributed by atoms with Crippen LogP contribution in [0.25, 0.3) is 0 Å². The first-order valence-electron chi connectivity index (χ1n) is 5.02. The molecule has 1 aliphatic rings. The largest absolute Gasteiger partial charge is 0.308 e. The molecule has 4 nitrogen and oxygen atoms in total. The van der Waals surface area contributed by atoms with Crippen molar-refractivity contribution in [2.45, 2.75) is 10.9 Å². The molecule has 1 aromatic carbocycles. The second kappa shape index (κ2) is 4.75. The fourth-order valence-corrected chi connectivity index (χ4v) is 3.30. The van der Waals surface area contributed by atoms with Crippen LogP contribution in [0.2, 0.25) is 0 Å². The highest BCUT2D eigenvalue weighted by Gasteiger charge is 2.21. The van der Waals surface area contributed by atoms with Gasteiger partial charge in [-0.15, -0.1) is 11.8 Å². The molecule has 1 unspecified atom stereocenters. The van der Waals surface area contributed by atoms with Gasteiger partial charge in [0, 0.05) is 23.2 Å². The van der Waals surface area contributed by atoms with Crippen molar-refractivity contribution in [3.8, 4) is 0 Å². The SMILES string of the molecule is NS(=O)(=O)CCNC1CSc2ccccc21. The van der Waals surface area contributed by atoms with Gasteiger partial charge in [-0.25, -0.2) is 13.6 Å². The molecule has 0 radical (unpaired) electrons. The van der Waals surface area contributed by atoms with Gasteiger partial charge in [0.2, 0.25) is 10.0 Å². The van der Waals surface area contributed by atoms with Crippen LogP contribution in [0, 0.1) is 0 Å². The van der Waals surface area contributed by atoms with E-state index in [1.54, 1.807) is 11.8 Å². The molecule has 1 heterocycles. The van der Waals surface area contributed by atoms with Crippen LogP contribution in [0.4, 0.5) is 0 Å². The molecule has 0 amide bonds. The summed E-state index contributed by atoms with van der Waals surface area (Å²) in [5, 5.41) is 8.16. The van der Waals surface area contributed by atoms with E-state index in [-0.39, 0.29) is 11.8 Å². The molecule has 1 aromatic rings. The van der Waals surface area contributed by atoms with Crippen LogP contribution in [0.1, 0.15) is 11.6 Å². The van der Waals surface area contributed by atoms with E-state index in [9.17, 15) is 8.42 Å². The van der Waals surface area contributed by atoms with E-state index in [1.807, 2.05) is 12.1 Å². The summed E-state index contributed by atoms with van der Waals surface area (Å²) in [4.78, 5) is 1.27. The quantitative estimate of drug-likeness (QED) is 0.834. The van der Waals surface area contributed by atoms with Crippen LogP contribution >= 0.6 is 11.8 Å². The Hall–Kier alpha value is -0.560. The van der Waals surface area contributed by atoms with Gasteiger partial charge >= 0.3 is 0 Å². The minimum atomic E-state index is -3.36. The Balaban J connectivity index is 1.94. The van der Waals surface area contributed by atoms with Crippen molar-refractivity contribution in [1.82, 2.24) is 5.32 Å². The fraction of sp³-hybridized carbons (Fsp3) is 0.400. The van der Waals surface area contributed by atoms with E-state index in [1.165, 1.54) is 10.5 Å². The molecule has 0 bridgehead atoms. The van der Waals surface area contributed by atoms with E-state index in [2.05, 4.69) is 17.4 Å². The number of benzene rings is 1. The van der Waals surface area contributed by atoms with Crippen molar-refractivity contribution >= 4 is 21.8 Å². The zero-order chi connectivity index (χ0) is 11.6. The first kappa shape index (κ1) is 11.9. The van der Waals surface area contributed by atoms with Crippen LogP contribution in [-0.2, 0) is 10.0 Å². The van der Waals surface area contributed by atoms with Gasteiger partial charge in [-0.2, -0.15) is 0 Å². The lowest BCUT2D eigenvalue weighted by Gasteiger charge is -2.12. The maximum Gasteiger partial charge on any atom is 0.210 e. The van der Waals surface area contributed by atoms with Gasteiger partial charge in [0.15, 0.2) is 0 Å². The second-order valence-corrected chi connectivity index (χ2v) is 6.52. The van der Waals surface area contributed by atoms with Crippen molar-refractivity contribution in [1.29, 1.82) is 0 Å². The fourth-order valence-electron chi connectivity index (χ4n) is 1.71. The summed E-state index contributed by atoms with van der Waals surface area (Å²) in [5.74, 6) is 0.931. The summed E-state index contributed by atoms with van der Waals surface area (Å²) >= 11 is 1.79. The maximum atomic E-state index is 10.8. The molecule has 1 aliphatic heterocycles. The monoisotopic (exact) mass is 258 g/mol. The molecule has 3 N–H and O–H groups in total. The van der Waals surface area contributed by atoms with Gasteiger partial charge in [-0.3, -0.25) is 0 Å². The van der Waals surface area contributed by atoms with Gasteiger partial charge in [0.1, 0.15) is 0 Å². The van der Waals surface area contributed by atoms with Gasteiger partial charge in [-0.05, 0) is 11.6 Å². The topological polar surface area (TPSA) is 72.2 Å². The van der Waals surface area contributed by atoms with Gasteiger partial charge in [0.05, 0.1) is 5.75 Å². The van der Waals surface area contributed by atoms with E-state index in [4.69, 9.17) is 5.14 Å². The summed E-state index contributed by atoms with van der Waals surface area (Å²) in [6.07, 6.45) is 0. The smallest absolute Gasteiger partial charge is 0.210 e. The minimum Gasteiger partial charge on any atom is -0.308 e. The van der Waals surface area contributed by atoms with Crippen LogP contribution in [0.5, 0.6) is 0 Å². The van der Waals surface area contributed by atoms with E-state index >= 15 is 0 Å². The summed E-state index contributed by atoms with van der Waals surface area (Å²) < 4.78 is 21.6. The van der Waals surface area contributed by atoms with Crippen LogP contribution in [-0.4, -0.2) is 26.5 Å². The summed E-state index contributed by atoms with van der Waals surface area (Å²) in [6, 6.07) is 8.41. The maximum absolute atomic E-state index is 10.8. The number of thioether (sulfide) groups is 1. The average Bonchev–Trinajstić information content (AvgIpc) is 2.60. The Bertz CT molecular complexity index is 473. The molecule has 1 atom stereocenters. The Morgan fingerprint density at radius 1 is 1.44 bits per heavy atom. The first-order chi connectivity index (χ1) is 7.56. The molecule has 2 rings (SSSR count). The van der Waals surface area contributed by atoms with Gasteiger partial charge in [-0.1, -0.05) is 18.2 Å². The summed E-state index contributed by atoms with van der Waals surface area (Å²) in [5.41, 5.74) is 1.25. The number of sulfonamides is 1. The molecule has 6 heteroatoms. The van der Waals surface area contributed by atoms with Crippen LogP contribution in [0.15, 0.2) is 29.2 Å². The standard InChI is InChI=1S/C10H14N2O2S2/c11-16(13,14)6-5-12-9-7-15-10-4-2-1-3-8(9)10/h1-4,9,12H,5-7H2,(H2,11,13,14). The molecule has 0 saturated heterocycles. The third kappa shape index (κ3) is 2.98. The number of primary sulfonamides is 1. The van der Waals surface area contributed by atoms with Crippen molar-refractivity contribution in [3.63, 3.8) is 0 Å². The van der Waals surface area contributed by atoms with Crippen molar-refractivity contribution in [2.75, 3.05) is 18.1 Å². The van der Waals surface area contributed by atoms with Gasteiger partial charge in [0.25, 0.3) is 0 Å². The molecule has 0 aromatic heterocycles. The highest BCUT2D eigenvalue weighted by Crippen LogP contribution is 2.37. The molecule has 0 fully saturated rings. The van der Waals surface area contributed by atoms with Crippen molar-refractivity contribution in [2.24, 2.45) is 5.14 Å². The summed E-state index contributed by atoms with van der Waals surface area (Å²) in [6.45, 7) is 0.401. The number of hydrogen-bond acceptors (Lipinski definition) is 4. The lowest BCUT2D eigenvalue weighted by Crippen LogP contribution is -2.30. The van der Waals surface area contributed by atoms with E-state index in [0.717, 1.165) is 5.75 Å². The molecule has 88 valence electrons. The molecule has 0 spiro atoms. The predicted molar refractivity (Wildman–Crippen MR) is 65.9 cm³/mol. The Labute approximate surface area is 99.7 Å². The third-order valence-corrected chi connectivity index (χ3v) is 4.43. The molecule has 0 aliphatic carbocycles. The minimum absolute atomic E-state index is 0.0175. The second-order valence-electron chi connectivity index (χ2n) is 3.72. The van der Waals surface area contributed by atoms with E-state index < -0.39 is 10.0 Å². The normalized spacial score (nSPS) is 19.7. The number of fused-ring (bicyclic) bond motifs is 1. The van der Waals surface area contributed by atoms with Gasteiger partial charge < -0.3 is 5.32 Å². The predicted octanol–water partition coefficient (Wildman–Crippen LogP) is 0.711. The number of nitrogens with one attached hydrogen (secondary N) is 1. The van der Waals surface area contributed by atoms with E-state index in [0.29, 0.717) is 6.54 Å². The van der Waals surface area contributed by atoms with Crippen molar-refractivity contribution in [3.05, 3.63) is 29.8 Å². The van der Waals surface area contributed by atoms with Crippen LogP contribution in [0.3, 0.4) is 0 Å². The number of rotatable bonds is 4. The Morgan fingerprint density at radius 2 is 2.19 bits per heavy atom. The highest BCUT2D eigenvalue weighted by molar-refractivity contribution is 7.99. The third-order valence-electron chi connectivity index (χ3n) is 2.48. The highest BCUT2D eigenvalue weighted by atomic mass is 32.2. The first-order valence-corrected chi connectivity index (χ1v) is 7.72. The lowest BCUT2D eigenvalue weighted by molar-refractivity contribution is 0.577. The lowest BCUT2D eigenvalue weighted by atomic mass is 10.1. The average molecular weight is 258 g/mol.